The maximum absolute atomic E-state index is 10.4. The number of aliphatic hydroxyl groups is 9. The van der Waals surface area contributed by atoms with E-state index in [-0.39, 0.29) is 0 Å². The van der Waals surface area contributed by atoms with Crippen molar-refractivity contribution in [3.63, 3.8) is 0 Å². The van der Waals surface area contributed by atoms with Crippen molar-refractivity contribution in [1.29, 1.82) is 0 Å². The molecule has 0 aromatic rings. The Morgan fingerprint density at radius 3 is 1.73 bits per heavy atom. The molecule has 1 heterocycles. The van der Waals surface area contributed by atoms with Gasteiger partial charge in [-0.1, -0.05) is 0 Å². The van der Waals surface area contributed by atoms with Gasteiger partial charge in [0.2, 0.25) is 0 Å². The number of ether oxygens (including phenoxy) is 1. The molecule has 0 unspecified atom stereocenters. The molecule has 1 saturated heterocycles. The number of carbonyl (C=O) groups is 2. The van der Waals surface area contributed by atoms with E-state index in [1.165, 1.54) is 0 Å². The Morgan fingerprint density at radius 1 is 0.846 bits per heavy atom. The van der Waals surface area contributed by atoms with Crippen LogP contribution in [-0.2, 0) is 14.3 Å². The SMILES string of the molecule is O=C(O)[C@H](O)[C@H](O)[C@@H](O)[C@H](O)CO.O=C(O)[C@H]1O[C@H](O)[C@H](O)[C@H](O)[C@H]1O. The zero-order valence-corrected chi connectivity index (χ0v) is 13.0. The Morgan fingerprint density at radius 2 is 1.35 bits per heavy atom. The highest BCUT2D eigenvalue weighted by molar-refractivity contribution is 5.73. The Balaban J connectivity index is 0.000000481. The van der Waals surface area contributed by atoms with Crippen molar-refractivity contribution in [2.45, 2.75) is 55.1 Å². The van der Waals surface area contributed by atoms with E-state index in [2.05, 4.69) is 4.74 Å². The van der Waals surface area contributed by atoms with Crippen LogP contribution in [0.4, 0.5) is 0 Å². The van der Waals surface area contributed by atoms with Crippen molar-refractivity contribution in [2.75, 3.05) is 6.61 Å². The van der Waals surface area contributed by atoms with E-state index >= 15 is 0 Å². The van der Waals surface area contributed by atoms with E-state index in [4.69, 9.17) is 56.2 Å². The van der Waals surface area contributed by atoms with Crippen LogP contribution < -0.4 is 0 Å². The van der Waals surface area contributed by atoms with Crippen molar-refractivity contribution in [1.82, 2.24) is 0 Å². The Labute approximate surface area is 145 Å². The van der Waals surface area contributed by atoms with Gasteiger partial charge in [0.05, 0.1) is 6.61 Å². The van der Waals surface area contributed by atoms with Gasteiger partial charge in [-0.15, -0.1) is 0 Å². The number of carboxylic acid groups (broad SMARTS) is 2. The number of aliphatic hydroxyl groups excluding tert-OH is 9. The first-order chi connectivity index (χ1) is 11.9. The predicted molar refractivity (Wildman–Crippen MR) is 75.3 cm³/mol. The van der Waals surface area contributed by atoms with Crippen LogP contribution in [0.3, 0.4) is 0 Å². The van der Waals surface area contributed by atoms with Crippen LogP contribution in [0.25, 0.3) is 0 Å². The predicted octanol–water partition coefficient (Wildman–Crippen LogP) is -6.62. The maximum atomic E-state index is 10.4. The minimum Gasteiger partial charge on any atom is -0.479 e. The fourth-order valence-electron chi connectivity index (χ4n) is 1.73. The summed E-state index contributed by atoms with van der Waals surface area (Å²) in [6.07, 6.45) is -16.6. The van der Waals surface area contributed by atoms with Gasteiger partial charge in [-0.2, -0.15) is 0 Å². The molecule has 0 aliphatic carbocycles. The highest BCUT2D eigenvalue weighted by Gasteiger charge is 2.46. The summed E-state index contributed by atoms with van der Waals surface area (Å²) in [4.78, 5) is 20.5. The van der Waals surface area contributed by atoms with Gasteiger partial charge in [-0.3, -0.25) is 0 Å². The first-order valence-corrected chi connectivity index (χ1v) is 7.03. The average Bonchev–Trinajstić information content (AvgIpc) is 2.60. The zero-order valence-electron chi connectivity index (χ0n) is 13.0. The molecule has 14 heteroatoms. The summed E-state index contributed by atoms with van der Waals surface area (Å²) in [5.41, 5.74) is 0. The molecule has 0 amide bonds. The molecule has 0 spiro atoms. The molecule has 0 radical (unpaired) electrons. The smallest absolute Gasteiger partial charge is 0.335 e. The molecule has 1 fully saturated rings. The molecule has 9 atom stereocenters. The third-order valence-corrected chi connectivity index (χ3v) is 3.34. The van der Waals surface area contributed by atoms with Gasteiger partial charge < -0.3 is 60.9 Å². The molecular weight excluding hydrogens is 368 g/mol. The van der Waals surface area contributed by atoms with Crippen LogP contribution in [0.1, 0.15) is 0 Å². The third kappa shape index (κ3) is 6.36. The largest absolute Gasteiger partial charge is 0.479 e. The zero-order chi connectivity index (χ0) is 20.8. The normalized spacial score (nSPS) is 33.2. The van der Waals surface area contributed by atoms with E-state index in [1.54, 1.807) is 0 Å². The molecule has 1 rings (SSSR count). The van der Waals surface area contributed by atoms with Crippen molar-refractivity contribution >= 4 is 11.9 Å². The molecule has 1 aliphatic rings. The van der Waals surface area contributed by atoms with Crippen molar-refractivity contribution in [3.05, 3.63) is 0 Å². The number of hydrogen-bond acceptors (Lipinski definition) is 12. The van der Waals surface area contributed by atoms with Crippen LogP contribution >= 0.6 is 0 Å². The second-order valence-electron chi connectivity index (χ2n) is 5.27. The number of hydrogen-bond donors (Lipinski definition) is 11. The second kappa shape index (κ2) is 10.6. The van der Waals surface area contributed by atoms with Crippen molar-refractivity contribution in [2.24, 2.45) is 0 Å². The standard InChI is InChI=1S/C6H10O7.C6H12O7/c7-1-2(8)4(5(10)11)13-6(12)3(1)9;7-1-2(8)3(9)4(10)5(11)6(12)13/h1-4,6-9,12H,(H,10,11);2-5,7-11H,1H2,(H,12,13)/t1-,2-,3-,4+,6+;2-,3+,4-,5-/m11/s1. The summed E-state index contributed by atoms with van der Waals surface area (Å²) >= 11 is 0. The summed E-state index contributed by atoms with van der Waals surface area (Å²) in [7, 11) is 0. The highest BCUT2D eigenvalue weighted by Crippen LogP contribution is 2.19. The van der Waals surface area contributed by atoms with Crippen LogP contribution in [-0.4, -0.2) is 130 Å². The van der Waals surface area contributed by atoms with Crippen LogP contribution in [0, 0.1) is 0 Å². The molecule has 26 heavy (non-hydrogen) atoms. The minimum atomic E-state index is -2.20. The van der Waals surface area contributed by atoms with Gasteiger partial charge in [0.15, 0.2) is 18.5 Å². The fourth-order valence-corrected chi connectivity index (χ4v) is 1.73. The lowest BCUT2D eigenvalue weighted by molar-refractivity contribution is -0.279. The first-order valence-electron chi connectivity index (χ1n) is 7.03. The molecule has 0 aromatic carbocycles. The summed E-state index contributed by atoms with van der Waals surface area (Å²) in [6, 6.07) is 0. The van der Waals surface area contributed by atoms with Gasteiger partial charge in [-0.25, -0.2) is 9.59 Å². The molecule has 0 bridgehead atoms. The van der Waals surface area contributed by atoms with E-state index in [0.717, 1.165) is 0 Å². The Kier molecular flexibility index (Phi) is 10.0. The minimum absolute atomic E-state index is 0.843. The molecule has 11 N–H and O–H groups in total. The summed E-state index contributed by atoms with van der Waals surface area (Å²) < 4.78 is 4.34. The fraction of sp³-hybridized carbons (Fsp3) is 0.833. The van der Waals surface area contributed by atoms with Crippen LogP contribution in [0.5, 0.6) is 0 Å². The van der Waals surface area contributed by atoms with E-state index in [9.17, 15) is 9.59 Å². The Hall–Kier alpha value is -1.46. The van der Waals surface area contributed by atoms with Gasteiger partial charge in [0, 0.05) is 0 Å². The van der Waals surface area contributed by atoms with Crippen molar-refractivity contribution < 1.29 is 70.5 Å². The lowest BCUT2D eigenvalue weighted by atomic mass is 9.99. The van der Waals surface area contributed by atoms with E-state index in [1.807, 2.05) is 0 Å². The topological polar surface area (TPSA) is 266 Å². The van der Waals surface area contributed by atoms with Gasteiger partial charge in [0.25, 0.3) is 0 Å². The van der Waals surface area contributed by atoms with Gasteiger partial charge >= 0.3 is 11.9 Å². The lowest BCUT2D eigenvalue weighted by Crippen LogP contribution is -2.59. The first kappa shape index (κ1) is 24.5. The van der Waals surface area contributed by atoms with E-state index < -0.39 is 73.7 Å². The molecule has 0 saturated carbocycles. The second-order valence-corrected chi connectivity index (χ2v) is 5.27. The maximum Gasteiger partial charge on any atom is 0.335 e. The molecule has 154 valence electrons. The number of aliphatic carboxylic acids is 2. The summed E-state index contributed by atoms with van der Waals surface area (Å²) in [5, 5.41) is 96.2. The Bertz CT molecular complexity index is 453. The monoisotopic (exact) mass is 390 g/mol. The number of rotatable bonds is 6. The third-order valence-electron chi connectivity index (χ3n) is 3.34. The summed E-state index contributed by atoms with van der Waals surface area (Å²) in [6.45, 7) is -0.843. The van der Waals surface area contributed by atoms with Crippen LogP contribution in [0.2, 0.25) is 0 Å². The quantitative estimate of drug-likeness (QED) is 0.201. The number of carboxylic acids is 2. The molecular formula is C12H22O14. The summed E-state index contributed by atoms with van der Waals surface area (Å²) in [5.74, 6) is -3.24. The van der Waals surface area contributed by atoms with Crippen LogP contribution in [0.15, 0.2) is 0 Å². The van der Waals surface area contributed by atoms with E-state index in [0.29, 0.717) is 0 Å². The lowest BCUT2D eigenvalue weighted by Gasteiger charge is -2.36. The molecule has 0 aromatic heterocycles. The molecule has 14 nitrogen and oxygen atoms in total. The average molecular weight is 390 g/mol. The molecule has 1 aliphatic heterocycles. The van der Waals surface area contributed by atoms with Gasteiger partial charge in [-0.05, 0) is 0 Å². The van der Waals surface area contributed by atoms with Gasteiger partial charge in [0.1, 0.15) is 36.6 Å². The van der Waals surface area contributed by atoms with Crippen molar-refractivity contribution in [3.8, 4) is 0 Å². The highest BCUT2D eigenvalue weighted by atomic mass is 16.6.